The molecule has 4 aliphatic carbocycles. The van der Waals surface area contributed by atoms with Crippen LogP contribution in [0.1, 0.15) is 85.5 Å². The van der Waals surface area contributed by atoms with Crippen LogP contribution in [0, 0.1) is 39.4 Å². The van der Waals surface area contributed by atoms with E-state index < -0.39 is 5.60 Å². The quantitative estimate of drug-likeness (QED) is 0.532. The van der Waals surface area contributed by atoms with Gasteiger partial charge in [-0.2, -0.15) is 0 Å². The minimum absolute atomic E-state index is 0.114. The molecule has 0 amide bonds. The van der Waals surface area contributed by atoms with Gasteiger partial charge in [0.1, 0.15) is 5.78 Å². The van der Waals surface area contributed by atoms with E-state index in [0.717, 1.165) is 38.7 Å². The molecule has 0 spiro atoms. The molecule has 0 heterocycles. The molecule has 0 unspecified atom stereocenters. The first kappa shape index (κ1) is 22.3. The second-order valence-corrected chi connectivity index (χ2v) is 12.6. The van der Waals surface area contributed by atoms with E-state index >= 15 is 0 Å². The number of carbonyl (C=O) groups excluding carboxylic acids is 1. The van der Waals surface area contributed by atoms with Gasteiger partial charge in [0.15, 0.2) is 0 Å². The highest BCUT2D eigenvalue weighted by atomic mass is 79.9. The monoisotopic (exact) mass is 468 g/mol. The van der Waals surface area contributed by atoms with Crippen molar-refractivity contribution in [3.8, 4) is 0 Å². The molecule has 166 valence electrons. The number of ether oxygens (including phenoxy) is 1. The number of hydrogen-bond acceptors (Lipinski definition) is 3. The van der Waals surface area contributed by atoms with E-state index in [1.807, 2.05) is 14.0 Å². The zero-order chi connectivity index (χ0) is 21.3. The van der Waals surface area contributed by atoms with Crippen molar-refractivity contribution in [2.45, 2.75) is 91.1 Å². The Morgan fingerprint density at radius 1 is 0.966 bits per heavy atom. The van der Waals surface area contributed by atoms with Crippen LogP contribution in [0.5, 0.6) is 0 Å². The van der Waals surface area contributed by atoms with Crippen molar-refractivity contribution in [3.05, 3.63) is 0 Å². The second kappa shape index (κ2) is 7.04. The number of rotatable bonds is 4. The lowest BCUT2D eigenvalue weighted by Crippen LogP contribution is -2.66. The van der Waals surface area contributed by atoms with Crippen molar-refractivity contribution < 1.29 is 14.6 Å². The highest BCUT2D eigenvalue weighted by molar-refractivity contribution is 9.09. The molecule has 0 aromatic carbocycles. The number of carbonyl (C=O) groups is 1. The Morgan fingerprint density at radius 3 is 2.31 bits per heavy atom. The summed E-state index contributed by atoms with van der Waals surface area (Å²) in [4.78, 5) is 12.8. The Labute approximate surface area is 185 Å². The van der Waals surface area contributed by atoms with Crippen molar-refractivity contribution in [3.63, 3.8) is 0 Å². The number of methoxy groups -OCH3 is 1. The number of ketones is 1. The van der Waals surface area contributed by atoms with Gasteiger partial charge in [-0.3, -0.25) is 4.79 Å². The van der Waals surface area contributed by atoms with Gasteiger partial charge in [-0.15, -0.1) is 0 Å². The molecule has 3 nitrogen and oxygen atoms in total. The third kappa shape index (κ3) is 2.83. The van der Waals surface area contributed by atoms with Crippen LogP contribution in [-0.4, -0.2) is 35.5 Å². The normalized spacial score (nSPS) is 54.4. The van der Waals surface area contributed by atoms with Crippen LogP contribution in [0.25, 0.3) is 0 Å². The Kier molecular flexibility index (Phi) is 5.40. The number of fused-ring (bicyclic) bond motifs is 5. The van der Waals surface area contributed by atoms with Crippen LogP contribution in [0.4, 0.5) is 0 Å². The lowest BCUT2D eigenvalue weighted by atomic mass is 9.34. The minimum atomic E-state index is -0.529. The molecule has 0 aromatic rings. The molecule has 4 aliphatic rings. The van der Waals surface area contributed by atoms with E-state index in [4.69, 9.17) is 4.74 Å². The predicted octanol–water partition coefficient (Wildman–Crippen LogP) is 5.77. The number of Topliss-reactive ketones (excluding diaryl/α,β-unsaturated/α-hetero) is 1. The summed E-state index contributed by atoms with van der Waals surface area (Å²) >= 11 is 3.46. The van der Waals surface area contributed by atoms with Gasteiger partial charge in [0.05, 0.1) is 17.5 Å². The van der Waals surface area contributed by atoms with Gasteiger partial charge in [-0.1, -0.05) is 36.7 Å². The minimum Gasteiger partial charge on any atom is -0.390 e. The second-order valence-electron chi connectivity index (χ2n) is 12.1. The third-order valence-electron chi connectivity index (χ3n) is 11.2. The van der Waals surface area contributed by atoms with Crippen LogP contribution in [0.3, 0.4) is 0 Å². The van der Waals surface area contributed by atoms with Crippen LogP contribution in [0.15, 0.2) is 0 Å². The van der Waals surface area contributed by atoms with Crippen molar-refractivity contribution in [2.75, 3.05) is 19.0 Å². The molecule has 1 N–H and O–H groups in total. The number of hydrogen-bond donors (Lipinski definition) is 1. The summed E-state index contributed by atoms with van der Waals surface area (Å²) < 4.78 is 5.93. The molecule has 29 heavy (non-hydrogen) atoms. The van der Waals surface area contributed by atoms with Gasteiger partial charge < -0.3 is 9.84 Å². The molecule has 0 bridgehead atoms. The molecular formula is C25H41BrO3. The maximum atomic E-state index is 12.8. The van der Waals surface area contributed by atoms with E-state index in [9.17, 15) is 9.90 Å². The molecule has 4 rings (SSSR count). The number of aliphatic hydroxyl groups is 1. The van der Waals surface area contributed by atoms with Gasteiger partial charge in [-0.25, -0.2) is 0 Å². The molecule has 0 aliphatic heterocycles. The summed E-state index contributed by atoms with van der Waals surface area (Å²) in [6.45, 7) is 10.4. The van der Waals surface area contributed by atoms with E-state index in [1.54, 1.807) is 0 Å². The molecule has 8 atom stereocenters. The summed E-state index contributed by atoms with van der Waals surface area (Å²) in [5.74, 6) is 1.80. The molecule has 4 fully saturated rings. The molecule has 4 saturated carbocycles. The fourth-order valence-corrected chi connectivity index (χ4v) is 9.74. The van der Waals surface area contributed by atoms with Crippen molar-refractivity contribution in [1.29, 1.82) is 0 Å². The van der Waals surface area contributed by atoms with Crippen molar-refractivity contribution >= 4 is 21.7 Å². The summed E-state index contributed by atoms with van der Waals surface area (Å²) in [5.41, 5.74) is 0.189. The van der Waals surface area contributed by atoms with Crippen molar-refractivity contribution in [1.82, 2.24) is 0 Å². The highest BCUT2D eigenvalue weighted by Gasteiger charge is 2.71. The molecular weight excluding hydrogens is 428 g/mol. The fourth-order valence-electron chi connectivity index (χ4n) is 9.35. The zero-order valence-electron chi connectivity index (χ0n) is 19.2. The molecule has 4 heteroatoms. The lowest BCUT2D eigenvalue weighted by molar-refractivity contribution is -0.242. The smallest absolute Gasteiger partial charge is 0.147 e. The van der Waals surface area contributed by atoms with Gasteiger partial charge >= 0.3 is 0 Å². The lowest BCUT2D eigenvalue weighted by Gasteiger charge is -2.71. The first-order chi connectivity index (χ1) is 13.5. The van der Waals surface area contributed by atoms with Crippen LogP contribution in [-0.2, 0) is 9.53 Å². The largest absolute Gasteiger partial charge is 0.390 e. The molecule has 0 aromatic heterocycles. The Hall–Kier alpha value is 0.0700. The zero-order valence-corrected chi connectivity index (χ0v) is 20.7. The van der Waals surface area contributed by atoms with Gasteiger partial charge in [-0.05, 0) is 92.8 Å². The van der Waals surface area contributed by atoms with Crippen LogP contribution < -0.4 is 0 Å². The standard InChI is InChI=1S/C25H41BrO3/c1-21(28)10-13-25(16-29-5)17(14-21)6-7-20-23(3)9-8-18(19(27)15-26)22(23,2)11-12-24(20,25)4/h17-18,20,28H,6-16H2,1-5H3/t17-,18+,20-,21+,22+,23-,24-,25+/m0/s1. The Bertz CT molecular complexity index is 677. The topological polar surface area (TPSA) is 46.5 Å². The third-order valence-corrected chi connectivity index (χ3v) is 11.7. The first-order valence-electron chi connectivity index (χ1n) is 11.8. The predicted molar refractivity (Wildman–Crippen MR) is 120 cm³/mol. The maximum absolute atomic E-state index is 12.8. The van der Waals surface area contributed by atoms with E-state index in [0.29, 0.717) is 22.9 Å². The van der Waals surface area contributed by atoms with Crippen LogP contribution in [0.2, 0.25) is 0 Å². The van der Waals surface area contributed by atoms with E-state index in [1.165, 1.54) is 25.7 Å². The molecule has 0 saturated heterocycles. The average molecular weight is 470 g/mol. The van der Waals surface area contributed by atoms with Crippen molar-refractivity contribution in [2.24, 2.45) is 39.4 Å². The number of alkyl halides is 1. The summed E-state index contributed by atoms with van der Waals surface area (Å²) in [6.07, 6.45) is 9.88. The van der Waals surface area contributed by atoms with Gasteiger partial charge in [0.2, 0.25) is 0 Å². The van der Waals surface area contributed by atoms with Gasteiger partial charge in [0, 0.05) is 18.4 Å². The highest BCUT2D eigenvalue weighted by Crippen LogP contribution is 2.77. The van der Waals surface area contributed by atoms with Gasteiger partial charge in [0.25, 0.3) is 0 Å². The SMILES string of the molecule is COC[C@]12CC[C@@](C)(O)C[C@@H]1CC[C@@H]1[C@]2(C)CC[C@]2(C)[C@@H](C(=O)CBr)CC[C@@]12C. The molecule has 0 radical (unpaired) electrons. The Morgan fingerprint density at radius 2 is 1.66 bits per heavy atom. The Balaban J connectivity index is 1.75. The average Bonchev–Trinajstić information content (AvgIpc) is 2.93. The first-order valence-corrected chi connectivity index (χ1v) is 12.9. The van der Waals surface area contributed by atoms with Crippen LogP contribution >= 0.6 is 15.9 Å². The van der Waals surface area contributed by atoms with E-state index in [2.05, 4.69) is 36.7 Å². The summed E-state index contributed by atoms with van der Waals surface area (Å²) in [6, 6.07) is 0. The fraction of sp³-hybridized carbons (Fsp3) is 0.960. The summed E-state index contributed by atoms with van der Waals surface area (Å²) in [5, 5.41) is 11.4. The van der Waals surface area contributed by atoms with E-state index in [-0.39, 0.29) is 27.6 Å². The maximum Gasteiger partial charge on any atom is 0.147 e. The number of halogens is 1. The summed E-state index contributed by atoms with van der Waals surface area (Å²) in [7, 11) is 1.86.